The third kappa shape index (κ3) is 3.22. The molecule has 1 saturated carbocycles. The Kier molecular flexibility index (Phi) is 4.47. The summed E-state index contributed by atoms with van der Waals surface area (Å²) in [6.45, 7) is 7.20. The number of fused-ring (bicyclic) bond motifs is 1. The van der Waals surface area contributed by atoms with Crippen molar-refractivity contribution in [1.82, 2.24) is 0 Å². The number of benzene rings is 1. The van der Waals surface area contributed by atoms with Crippen molar-refractivity contribution in [3.63, 3.8) is 0 Å². The van der Waals surface area contributed by atoms with E-state index < -0.39 is 0 Å². The van der Waals surface area contributed by atoms with E-state index in [1.807, 2.05) is 11.3 Å². The zero-order valence-corrected chi connectivity index (χ0v) is 15.6. The summed E-state index contributed by atoms with van der Waals surface area (Å²) in [4.78, 5) is 0.523. The molecule has 0 spiro atoms. The zero-order valence-electron chi connectivity index (χ0n) is 13.2. The molecule has 3 rings (SSSR count). The van der Waals surface area contributed by atoms with Gasteiger partial charge in [-0.3, -0.25) is 0 Å². The zero-order chi connectivity index (χ0) is 15.0. The molecule has 0 N–H and O–H groups in total. The van der Waals surface area contributed by atoms with Crippen LogP contribution in [0.4, 0.5) is 0 Å². The lowest BCUT2D eigenvalue weighted by atomic mass is 9.69. The van der Waals surface area contributed by atoms with Gasteiger partial charge in [-0.1, -0.05) is 54.9 Å². The number of thiophene rings is 1. The molecule has 1 atom stereocenters. The fourth-order valence-corrected chi connectivity index (χ4v) is 5.82. The molecule has 1 aromatic carbocycles. The Morgan fingerprint density at radius 1 is 1.10 bits per heavy atom. The Bertz CT molecular complexity index is 599. The van der Waals surface area contributed by atoms with Crippen LogP contribution in [0.3, 0.4) is 0 Å². The maximum atomic E-state index is 4.02. The topological polar surface area (TPSA) is 0 Å². The van der Waals surface area contributed by atoms with Gasteiger partial charge in [0.15, 0.2) is 0 Å². The molecule has 1 aliphatic carbocycles. The van der Waals surface area contributed by atoms with Crippen LogP contribution in [0, 0.1) is 17.3 Å². The predicted molar refractivity (Wildman–Crippen MR) is 98.4 cm³/mol. The van der Waals surface area contributed by atoms with E-state index in [0.29, 0.717) is 10.2 Å². The second-order valence-corrected chi connectivity index (χ2v) is 9.46. The molecule has 0 amide bonds. The third-order valence-electron chi connectivity index (χ3n) is 5.22. The normalized spacial score (nSPS) is 25.1. The smallest absolute Gasteiger partial charge is 0.0437 e. The van der Waals surface area contributed by atoms with Crippen molar-refractivity contribution >= 4 is 37.4 Å². The summed E-state index contributed by atoms with van der Waals surface area (Å²) in [6.07, 6.45) is 5.50. The van der Waals surface area contributed by atoms with Crippen molar-refractivity contribution < 1.29 is 0 Å². The Hall–Kier alpha value is -0.340. The molecule has 1 unspecified atom stereocenters. The van der Waals surface area contributed by atoms with Crippen LogP contribution in [-0.4, -0.2) is 0 Å². The highest BCUT2D eigenvalue weighted by Gasteiger charge is 2.33. The van der Waals surface area contributed by atoms with Crippen LogP contribution in [0.15, 0.2) is 29.6 Å². The fourth-order valence-electron chi connectivity index (χ4n) is 3.74. The standard InChI is InChI=1S/C19H25BrS/c1-19(2,3)14-10-8-13(9-11-14)18(20)16-12-21-17-7-5-4-6-15(16)17/h4-7,12-14,18H,8-11H2,1-3H3. The van der Waals surface area contributed by atoms with Crippen LogP contribution in [0.1, 0.15) is 56.8 Å². The van der Waals surface area contributed by atoms with Crippen molar-refractivity contribution in [1.29, 1.82) is 0 Å². The average molecular weight is 365 g/mol. The van der Waals surface area contributed by atoms with E-state index in [-0.39, 0.29) is 0 Å². The highest BCUT2D eigenvalue weighted by Crippen LogP contribution is 2.48. The Balaban J connectivity index is 1.74. The van der Waals surface area contributed by atoms with Crippen LogP contribution in [-0.2, 0) is 0 Å². The molecule has 0 bridgehead atoms. The minimum absolute atomic E-state index is 0.474. The lowest BCUT2D eigenvalue weighted by molar-refractivity contribution is 0.149. The van der Waals surface area contributed by atoms with E-state index in [9.17, 15) is 0 Å². The SMILES string of the molecule is CC(C)(C)C1CCC(C(Br)c2csc3ccccc23)CC1. The molecule has 1 aliphatic rings. The molecule has 0 aliphatic heterocycles. The van der Waals surface area contributed by atoms with Gasteiger partial charge in [-0.05, 0) is 65.3 Å². The summed E-state index contributed by atoms with van der Waals surface area (Å²) in [5, 5.41) is 3.81. The Morgan fingerprint density at radius 3 is 2.43 bits per heavy atom. The molecular formula is C19H25BrS. The van der Waals surface area contributed by atoms with Crippen molar-refractivity contribution in [2.45, 2.75) is 51.3 Å². The summed E-state index contributed by atoms with van der Waals surface area (Å²) in [5.41, 5.74) is 1.98. The van der Waals surface area contributed by atoms with Gasteiger partial charge in [0.1, 0.15) is 0 Å². The second-order valence-electron chi connectivity index (χ2n) is 7.57. The summed E-state index contributed by atoms with van der Waals surface area (Å²) >= 11 is 5.91. The van der Waals surface area contributed by atoms with Gasteiger partial charge in [-0.15, -0.1) is 11.3 Å². The summed E-state index contributed by atoms with van der Waals surface area (Å²) < 4.78 is 1.42. The van der Waals surface area contributed by atoms with Gasteiger partial charge in [0.2, 0.25) is 0 Å². The third-order valence-corrected chi connectivity index (χ3v) is 7.44. The summed E-state index contributed by atoms with van der Waals surface area (Å²) in [6, 6.07) is 8.81. The van der Waals surface area contributed by atoms with Gasteiger partial charge >= 0.3 is 0 Å². The average Bonchev–Trinajstić information content (AvgIpc) is 2.90. The number of halogens is 1. The molecule has 2 aromatic rings. The Labute approximate surface area is 141 Å². The highest BCUT2D eigenvalue weighted by atomic mass is 79.9. The molecule has 1 aromatic heterocycles. The van der Waals surface area contributed by atoms with Crippen LogP contribution in [0.5, 0.6) is 0 Å². The van der Waals surface area contributed by atoms with Crippen molar-refractivity contribution in [3.8, 4) is 0 Å². The van der Waals surface area contributed by atoms with E-state index in [1.165, 1.54) is 41.3 Å². The minimum Gasteiger partial charge on any atom is -0.143 e. The maximum Gasteiger partial charge on any atom is 0.0437 e. The lowest BCUT2D eigenvalue weighted by Gasteiger charge is -2.38. The van der Waals surface area contributed by atoms with Crippen LogP contribution < -0.4 is 0 Å². The van der Waals surface area contributed by atoms with E-state index >= 15 is 0 Å². The molecular weight excluding hydrogens is 340 g/mol. The molecule has 0 nitrogen and oxygen atoms in total. The number of hydrogen-bond donors (Lipinski definition) is 0. The summed E-state index contributed by atoms with van der Waals surface area (Å²) in [5.74, 6) is 1.69. The first-order chi connectivity index (χ1) is 9.97. The van der Waals surface area contributed by atoms with Gasteiger partial charge in [0, 0.05) is 9.53 Å². The van der Waals surface area contributed by atoms with Gasteiger partial charge in [0.05, 0.1) is 0 Å². The molecule has 1 fully saturated rings. The maximum absolute atomic E-state index is 4.02. The van der Waals surface area contributed by atoms with Crippen molar-refractivity contribution in [2.75, 3.05) is 0 Å². The van der Waals surface area contributed by atoms with Gasteiger partial charge < -0.3 is 0 Å². The quantitative estimate of drug-likeness (QED) is 0.494. The van der Waals surface area contributed by atoms with Crippen LogP contribution in [0.2, 0.25) is 0 Å². The number of rotatable bonds is 2. The minimum atomic E-state index is 0.474. The van der Waals surface area contributed by atoms with Gasteiger partial charge in [-0.25, -0.2) is 0 Å². The highest BCUT2D eigenvalue weighted by molar-refractivity contribution is 9.09. The van der Waals surface area contributed by atoms with Gasteiger partial charge in [0.25, 0.3) is 0 Å². The molecule has 21 heavy (non-hydrogen) atoms. The van der Waals surface area contributed by atoms with Crippen LogP contribution in [0.25, 0.3) is 10.1 Å². The lowest BCUT2D eigenvalue weighted by Crippen LogP contribution is -2.27. The van der Waals surface area contributed by atoms with E-state index in [4.69, 9.17) is 0 Å². The first-order valence-electron chi connectivity index (χ1n) is 8.07. The second kappa shape index (κ2) is 6.04. The first kappa shape index (κ1) is 15.6. The Morgan fingerprint density at radius 2 is 1.76 bits per heavy atom. The van der Waals surface area contributed by atoms with E-state index in [2.05, 4.69) is 66.3 Å². The fraction of sp³-hybridized carbons (Fsp3) is 0.579. The van der Waals surface area contributed by atoms with E-state index in [1.54, 1.807) is 0 Å². The number of alkyl halides is 1. The largest absolute Gasteiger partial charge is 0.143 e. The van der Waals surface area contributed by atoms with Gasteiger partial charge in [-0.2, -0.15) is 0 Å². The summed E-state index contributed by atoms with van der Waals surface area (Å²) in [7, 11) is 0. The molecule has 0 saturated heterocycles. The first-order valence-corrected chi connectivity index (χ1v) is 9.86. The number of hydrogen-bond acceptors (Lipinski definition) is 1. The van der Waals surface area contributed by atoms with Crippen LogP contribution >= 0.6 is 27.3 Å². The predicted octanol–water partition coefficient (Wildman–Crippen LogP) is 7.19. The van der Waals surface area contributed by atoms with E-state index in [0.717, 1.165) is 11.8 Å². The molecule has 114 valence electrons. The van der Waals surface area contributed by atoms with Crippen molar-refractivity contribution in [3.05, 3.63) is 35.2 Å². The molecule has 2 heteroatoms. The van der Waals surface area contributed by atoms with Crippen molar-refractivity contribution in [2.24, 2.45) is 17.3 Å². The monoisotopic (exact) mass is 364 g/mol. The molecule has 1 heterocycles. The molecule has 0 radical (unpaired) electrons.